The van der Waals surface area contributed by atoms with Crippen LogP contribution in [0.3, 0.4) is 0 Å². The Bertz CT molecular complexity index is 803. The van der Waals surface area contributed by atoms with Crippen molar-refractivity contribution in [2.75, 3.05) is 38.2 Å². The van der Waals surface area contributed by atoms with Gasteiger partial charge in [-0.2, -0.15) is 0 Å². The topological polar surface area (TPSA) is 73.9 Å². The zero-order chi connectivity index (χ0) is 20.6. The molecule has 154 valence electrons. The number of benzene rings is 2. The van der Waals surface area contributed by atoms with Crippen LogP contribution < -0.4 is 20.3 Å². The van der Waals surface area contributed by atoms with Gasteiger partial charge in [0.25, 0.3) is 0 Å². The van der Waals surface area contributed by atoms with Gasteiger partial charge in [0, 0.05) is 38.4 Å². The van der Waals surface area contributed by atoms with Crippen LogP contribution in [-0.2, 0) is 11.3 Å². The molecule has 1 atom stereocenters. The Labute approximate surface area is 171 Å². The van der Waals surface area contributed by atoms with E-state index in [1.54, 1.807) is 7.11 Å². The largest absolute Gasteiger partial charge is 0.497 e. The van der Waals surface area contributed by atoms with Crippen LogP contribution in [0.25, 0.3) is 0 Å². The van der Waals surface area contributed by atoms with Crippen molar-refractivity contribution in [2.45, 2.75) is 19.5 Å². The van der Waals surface area contributed by atoms with E-state index in [2.05, 4.69) is 20.4 Å². The van der Waals surface area contributed by atoms with Crippen LogP contribution in [0.5, 0.6) is 5.75 Å². The number of piperazine rings is 1. The van der Waals surface area contributed by atoms with Crippen LogP contribution in [-0.4, -0.2) is 56.2 Å². The Balaban J connectivity index is 1.43. The highest BCUT2D eigenvalue weighted by atomic mass is 16.5. The maximum atomic E-state index is 12.4. The molecule has 1 heterocycles. The molecule has 1 saturated heterocycles. The molecule has 0 bridgehead atoms. The predicted molar refractivity (Wildman–Crippen MR) is 113 cm³/mol. The Kier molecular flexibility index (Phi) is 7.08. The van der Waals surface area contributed by atoms with E-state index in [-0.39, 0.29) is 11.9 Å². The summed E-state index contributed by atoms with van der Waals surface area (Å²) >= 11 is 0. The van der Waals surface area contributed by atoms with Crippen LogP contribution >= 0.6 is 0 Å². The molecule has 1 aliphatic rings. The number of anilines is 1. The molecule has 29 heavy (non-hydrogen) atoms. The molecule has 2 aromatic rings. The number of nitrogens with one attached hydrogen (secondary N) is 2. The Morgan fingerprint density at radius 2 is 1.66 bits per heavy atom. The lowest BCUT2D eigenvalue weighted by molar-refractivity contribution is -0.124. The summed E-state index contributed by atoms with van der Waals surface area (Å²) in [5, 5.41) is 5.16. The maximum absolute atomic E-state index is 12.4. The van der Waals surface area contributed by atoms with Crippen molar-refractivity contribution in [1.82, 2.24) is 15.5 Å². The lowest BCUT2D eigenvalue weighted by atomic mass is 10.2. The highest BCUT2D eigenvalue weighted by Crippen LogP contribution is 2.21. The summed E-state index contributed by atoms with van der Waals surface area (Å²) in [7, 11) is 1.65. The fraction of sp³-hybridized carbons (Fsp3) is 0.364. The van der Waals surface area contributed by atoms with E-state index in [1.165, 1.54) is 0 Å². The summed E-state index contributed by atoms with van der Waals surface area (Å²) in [5.74, 6) is 0.552. The van der Waals surface area contributed by atoms with Gasteiger partial charge in [-0.1, -0.05) is 30.3 Å². The van der Waals surface area contributed by atoms with Crippen molar-refractivity contribution >= 4 is 17.6 Å². The summed E-state index contributed by atoms with van der Waals surface area (Å²) in [5.41, 5.74) is 2.13. The lowest BCUT2D eigenvalue weighted by Crippen LogP contribution is -2.55. The molecule has 3 rings (SSSR count). The van der Waals surface area contributed by atoms with Gasteiger partial charge in [-0.25, -0.2) is 4.79 Å². The highest BCUT2D eigenvalue weighted by molar-refractivity contribution is 5.96. The lowest BCUT2D eigenvalue weighted by Gasteiger charge is -2.38. The second kappa shape index (κ2) is 9.93. The normalized spacial score (nSPS) is 15.4. The zero-order valence-electron chi connectivity index (χ0n) is 16.9. The minimum Gasteiger partial charge on any atom is -0.497 e. The van der Waals surface area contributed by atoms with Gasteiger partial charge in [0.2, 0.25) is 5.91 Å². The van der Waals surface area contributed by atoms with Crippen LogP contribution in [0.1, 0.15) is 12.5 Å². The van der Waals surface area contributed by atoms with E-state index in [1.807, 2.05) is 61.5 Å². The van der Waals surface area contributed by atoms with E-state index < -0.39 is 6.03 Å². The third-order valence-electron chi connectivity index (χ3n) is 5.21. The van der Waals surface area contributed by atoms with Gasteiger partial charge in [-0.05, 0) is 36.8 Å². The summed E-state index contributed by atoms with van der Waals surface area (Å²) < 4.78 is 5.20. The number of ether oxygens (including phenoxy) is 1. The number of methoxy groups -OCH3 is 1. The Hall–Kier alpha value is -3.06. The van der Waals surface area contributed by atoms with E-state index in [0.717, 1.165) is 43.2 Å². The number of hydrogen-bond acceptors (Lipinski definition) is 5. The summed E-state index contributed by atoms with van der Waals surface area (Å²) in [6.45, 7) is 5.38. The van der Waals surface area contributed by atoms with Gasteiger partial charge in [0.05, 0.1) is 13.2 Å². The van der Waals surface area contributed by atoms with Crippen LogP contribution in [0.2, 0.25) is 0 Å². The minimum atomic E-state index is -0.470. The van der Waals surface area contributed by atoms with Crippen LogP contribution in [0.4, 0.5) is 10.5 Å². The number of rotatable bonds is 6. The second-order valence-electron chi connectivity index (χ2n) is 7.05. The number of amides is 3. The van der Waals surface area contributed by atoms with Crippen molar-refractivity contribution in [2.24, 2.45) is 0 Å². The monoisotopic (exact) mass is 396 g/mol. The molecule has 1 aliphatic heterocycles. The average Bonchev–Trinajstić information content (AvgIpc) is 2.78. The molecule has 2 N–H and O–H groups in total. The third kappa shape index (κ3) is 5.71. The first-order valence-electron chi connectivity index (χ1n) is 9.82. The standard InChI is InChI=1S/C22H28N4O3/c1-17(21(27)24-22(28)23-16-18-6-4-3-5-7-18)25-12-14-26(15-13-25)19-8-10-20(29-2)11-9-19/h3-11,17H,12-16H2,1-2H3,(H2,23,24,27,28). The third-order valence-corrected chi connectivity index (χ3v) is 5.21. The Morgan fingerprint density at radius 1 is 1.00 bits per heavy atom. The van der Waals surface area contributed by atoms with Crippen molar-refractivity contribution in [3.05, 3.63) is 60.2 Å². The molecular weight excluding hydrogens is 368 g/mol. The summed E-state index contributed by atoms with van der Waals surface area (Å²) in [6, 6.07) is 16.7. The predicted octanol–water partition coefficient (Wildman–Crippen LogP) is 2.23. The van der Waals surface area contributed by atoms with Crippen LogP contribution in [0.15, 0.2) is 54.6 Å². The van der Waals surface area contributed by atoms with Gasteiger partial charge in [-0.3, -0.25) is 15.0 Å². The molecule has 0 saturated carbocycles. The van der Waals surface area contributed by atoms with E-state index in [0.29, 0.717) is 6.54 Å². The average molecular weight is 396 g/mol. The molecule has 0 aliphatic carbocycles. The van der Waals surface area contributed by atoms with Crippen molar-refractivity contribution in [3.8, 4) is 5.75 Å². The molecule has 1 unspecified atom stereocenters. The number of carbonyl (C=O) groups is 2. The van der Waals surface area contributed by atoms with Gasteiger partial charge in [-0.15, -0.1) is 0 Å². The highest BCUT2D eigenvalue weighted by Gasteiger charge is 2.26. The first-order chi connectivity index (χ1) is 14.1. The van der Waals surface area contributed by atoms with Crippen molar-refractivity contribution < 1.29 is 14.3 Å². The molecule has 0 radical (unpaired) electrons. The van der Waals surface area contributed by atoms with E-state index in [9.17, 15) is 9.59 Å². The number of imide groups is 1. The fourth-order valence-electron chi connectivity index (χ4n) is 3.37. The van der Waals surface area contributed by atoms with Gasteiger partial charge in [0.1, 0.15) is 5.75 Å². The number of carbonyl (C=O) groups excluding carboxylic acids is 2. The number of nitrogens with zero attached hydrogens (tertiary/aromatic N) is 2. The Morgan fingerprint density at radius 3 is 2.28 bits per heavy atom. The molecule has 3 amide bonds. The second-order valence-corrected chi connectivity index (χ2v) is 7.05. The first kappa shape index (κ1) is 20.7. The molecule has 1 fully saturated rings. The maximum Gasteiger partial charge on any atom is 0.321 e. The smallest absolute Gasteiger partial charge is 0.321 e. The van der Waals surface area contributed by atoms with Gasteiger partial charge in [0.15, 0.2) is 0 Å². The first-order valence-corrected chi connectivity index (χ1v) is 9.82. The molecule has 0 aromatic heterocycles. The van der Waals surface area contributed by atoms with E-state index >= 15 is 0 Å². The molecular formula is C22H28N4O3. The van der Waals surface area contributed by atoms with E-state index in [4.69, 9.17) is 4.74 Å². The summed E-state index contributed by atoms with van der Waals surface area (Å²) in [4.78, 5) is 28.9. The fourth-order valence-corrected chi connectivity index (χ4v) is 3.37. The SMILES string of the molecule is COc1ccc(N2CCN(C(C)C(=O)NC(=O)NCc3ccccc3)CC2)cc1. The van der Waals surface area contributed by atoms with Crippen molar-refractivity contribution in [1.29, 1.82) is 0 Å². The zero-order valence-corrected chi connectivity index (χ0v) is 16.9. The van der Waals surface area contributed by atoms with Gasteiger partial charge >= 0.3 is 6.03 Å². The summed E-state index contributed by atoms with van der Waals surface area (Å²) in [6.07, 6.45) is 0. The van der Waals surface area contributed by atoms with Crippen molar-refractivity contribution in [3.63, 3.8) is 0 Å². The quantitative estimate of drug-likeness (QED) is 0.783. The van der Waals surface area contributed by atoms with Crippen LogP contribution in [0, 0.1) is 0 Å². The molecule has 2 aromatic carbocycles. The molecule has 7 heteroatoms. The number of urea groups is 1. The minimum absolute atomic E-state index is 0.284. The molecule has 7 nitrogen and oxygen atoms in total. The molecule has 0 spiro atoms. The van der Waals surface area contributed by atoms with Gasteiger partial charge < -0.3 is 15.0 Å². The number of hydrogen-bond donors (Lipinski definition) is 2.